The summed E-state index contributed by atoms with van der Waals surface area (Å²) in [6.45, 7) is 9.02. The average molecular weight is 173 g/mol. The summed E-state index contributed by atoms with van der Waals surface area (Å²) in [5.41, 5.74) is 0. The second-order valence-electron chi connectivity index (χ2n) is 3.19. The minimum absolute atomic E-state index is 0.525. The van der Waals surface area contributed by atoms with Gasteiger partial charge in [0.25, 0.3) is 0 Å². The quantitative estimate of drug-likeness (QED) is 0.427. The van der Waals surface area contributed by atoms with E-state index in [4.69, 9.17) is 4.74 Å². The molecule has 0 aromatic carbocycles. The molecule has 0 fully saturated rings. The molecule has 0 saturated carbocycles. The predicted octanol–water partition coefficient (Wildman–Crippen LogP) is 1.14. The molecular weight excluding hydrogens is 154 g/mol. The molecule has 0 bridgehead atoms. The van der Waals surface area contributed by atoms with Crippen LogP contribution in [0.15, 0.2) is 0 Å². The zero-order valence-electron chi connectivity index (χ0n) is 8.25. The van der Waals surface area contributed by atoms with Crippen molar-refractivity contribution in [3.05, 3.63) is 0 Å². The lowest BCUT2D eigenvalue weighted by Gasteiger charge is -2.18. The van der Waals surface area contributed by atoms with Crippen molar-refractivity contribution in [3.63, 3.8) is 0 Å². The second-order valence-corrected chi connectivity index (χ2v) is 3.19. The van der Waals surface area contributed by atoms with Gasteiger partial charge in [-0.15, -0.1) is 0 Å². The van der Waals surface area contributed by atoms with E-state index in [0.29, 0.717) is 25.7 Å². The highest BCUT2D eigenvalue weighted by Gasteiger charge is 2.02. The molecule has 3 nitrogen and oxygen atoms in total. The van der Waals surface area contributed by atoms with Crippen LogP contribution in [0, 0.1) is 5.92 Å². The van der Waals surface area contributed by atoms with Gasteiger partial charge >= 0.3 is 0 Å². The SMILES string of the molecule is CCOCCN(C=O)CC(C)C. The lowest BCUT2D eigenvalue weighted by Crippen LogP contribution is -2.29. The van der Waals surface area contributed by atoms with Gasteiger partial charge in [-0.2, -0.15) is 0 Å². The van der Waals surface area contributed by atoms with Gasteiger partial charge in [-0.1, -0.05) is 13.8 Å². The number of carbonyl (C=O) groups excluding carboxylic acids is 1. The van der Waals surface area contributed by atoms with Crippen LogP contribution in [0.2, 0.25) is 0 Å². The van der Waals surface area contributed by atoms with Gasteiger partial charge in [-0.25, -0.2) is 0 Å². The van der Waals surface area contributed by atoms with Crippen LogP contribution in [0.3, 0.4) is 0 Å². The number of hydrogen-bond donors (Lipinski definition) is 0. The largest absolute Gasteiger partial charge is 0.380 e. The van der Waals surface area contributed by atoms with Crippen LogP contribution in [0.5, 0.6) is 0 Å². The number of ether oxygens (including phenoxy) is 1. The Kier molecular flexibility index (Phi) is 6.76. The molecule has 0 spiro atoms. The molecule has 0 heterocycles. The van der Waals surface area contributed by atoms with Crippen molar-refractivity contribution in [2.75, 3.05) is 26.3 Å². The van der Waals surface area contributed by atoms with Crippen LogP contribution in [0.4, 0.5) is 0 Å². The summed E-state index contributed by atoms with van der Waals surface area (Å²) in [5.74, 6) is 0.525. The summed E-state index contributed by atoms with van der Waals surface area (Å²) in [4.78, 5) is 12.3. The number of hydrogen-bond acceptors (Lipinski definition) is 2. The van der Waals surface area contributed by atoms with E-state index in [1.54, 1.807) is 4.90 Å². The Labute approximate surface area is 74.7 Å². The summed E-state index contributed by atoms with van der Waals surface area (Å²) in [5, 5.41) is 0. The molecule has 0 unspecified atom stereocenters. The second kappa shape index (κ2) is 7.10. The molecule has 72 valence electrons. The van der Waals surface area contributed by atoms with E-state index in [1.165, 1.54) is 0 Å². The van der Waals surface area contributed by atoms with Crippen molar-refractivity contribution in [1.29, 1.82) is 0 Å². The maximum Gasteiger partial charge on any atom is 0.209 e. The zero-order chi connectivity index (χ0) is 9.40. The first-order valence-corrected chi connectivity index (χ1v) is 4.47. The summed E-state index contributed by atoms with van der Waals surface area (Å²) < 4.78 is 5.15. The van der Waals surface area contributed by atoms with E-state index in [9.17, 15) is 4.79 Å². The Morgan fingerprint density at radius 1 is 1.50 bits per heavy atom. The van der Waals surface area contributed by atoms with Crippen LogP contribution in [-0.2, 0) is 9.53 Å². The first-order chi connectivity index (χ1) is 5.70. The third-order valence-corrected chi connectivity index (χ3v) is 1.48. The molecule has 0 rings (SSSR count). The van der Waals surface area contributed by atoms with Gasteiger partial charge in [-0.05, 0) is 12.8 Å². The fraction of sp³-hybridized carbons (Fsp3) is 0.889. The number of amides is 1. The monoisotopic (exact) mass is 173 g/mol. The summed E-state index contributed by atoms with van der Waals surface area (Å²) in [6, 6.07) is 0. The van der Waals surface area contributed by atoms with E-state index < -0.39 is 0 Å². The molecule has 0 aromatic rings. The maximum absolute atomic E-state index is 10.5. The molecule has 1 amide bonds. The van der Waals surface area contributed by atoms with Gasteiger partial charge < -0.3 is 9.64 Å². The Morgan fingerprint density at radius 2 is 2.17 bits per heavy atom. The first-order valence-electron chi connectivity index (χ1n) is 4.47. The Morgan fingerprint density at radius 3 is 2.58 bits per heavy atom. The van der Waals surface area contributed by atoms with E-state index in [1.807, 2.05) is 6.92 Å². The number of nitrogens with zero attached hydrogens (tertiary/aromatic N) is 1. The van der Waals surface area contributed by atoms with Crippen molar-refractivity contribution in [2.45, 2.75) is 20.8 Å². The third-order valence-electron chi connectivity index (χ3n) is 1.48. The lowest BCUT2D eigenvalue weighted by molar-refractivity contribution is -0.119. The van der Waals surface area contributed by atoms with Crippen LogP contribution in [0.25, 0.3) is 0 Å². The molecule has 0 aliphatic rings. The number of rotatable bonds is 7. The van der Waals surface area contributed by atoms with E-state index in [2.05, 4.69) is 13.8 Å². The van der Waals surface area contributed by atoms with Crippen molar-refractivity contribution in [3.8, 4) is 0 Å². The molecule has 0 N–H and O–H groups in total. The molecule has 0 aliphatic carbocycles. The Hall–Kier alpha value is -0.570. The highest BCUT2D eigenvalue weighted by atomic mass is 16.5. The van der Waals surface area contributed by atoms with Crippen molar-refractivity contribution in [1.82, 2.24) is 4.90 Å². The van der Waals surface area contributed by atoms with Gasteiger partial charge in [-0.3, -0.25) is 4.79 Å². The Balaban J connectivity index is 3.46. The molecule has 3 heteroatoms. The minimum Gasteiger partial charge on any atom is -0.380 e. The van der Waals surface area contributed by atoms with Gasteiger partial charge in [0.2, 0.25) is 6.41 Å². The average Bonchev–Trinajstić information content (AvgIpc) is 2.02. The lowest BCUT2D eigenvalue weighted by atomic mass is 10.2. The van der Waals surface area contributed by atoms with E-state index in [0.717, 1.165) is 13.0 Å². The predicted molar refractivity (Wildman–Crippen MR) is 49.0 cm³/mol. The van der Waals surface area contributed by atoms with Crippen molar-refractivity contribution < 1.29 is 9.53 Å². The molecule has 0 aliphatic heterocycles. The fourth-order valence-corrected chi connectivity index (χ4v) is 0.982. The normalized spacial score (nSPS) is 10.3. The van der Waals surface area contributed by atoms with Crippen LogP contribution >= 0.6 is 0 Å². The van der Waals surface area contributed by atoms with Crippen LogP contribution in [0.1, 0.15) is 20.8 Å². The first kappa shape index (κ1) is 11.4. The molecule has 0 saturated heterocycles. The van der Waals surface area contributed by atoms with Gasteiger partial charge in [0.15, 0.2) is 0 Å². The topological polar surface area (TPSA) is 29.5 Å². The highest BCUT2D eigenvalue weighted by Crippen LogP contribution is 1.95. The Bertz CT molecular complexity index is 115. The van der Waals surface area contributed by atoms with Gasteiger partial charge in [0.1, 0.15) is 0 Å². The summed E-state index contributed by atoms with van der Waals surface area (Å²) >= 11 is 0. The molecular formula is C9H19NO2. The van der Waals surface area contributed by atoms with Gasteiger partial charge in [0.05, 0.1) is 6.61 Å². The molecule has 0 radical (unpaired) electrons. The molecule has 12 heavy (non-hydrogen) atoms. The fourth-order valence-electron chi connectivity index (χ4n) is 0.982. The van der Waals surface area contributed by atoms with Crippen LogP contribution < -0.4 is 0 Å². The van der Waals surface area contributed by atoms with Gasteiger partial charge in [0, 0.05) is 19.7 Å². The van der Waals surface area contributed by atoms with E-state index in [-0.39, 0.29) is 0 Å². The minimum atomic E-state index is 0.525. The zero-order valence-corrected chi connectivity index (χ0v) is 8.25. The van der Waals surface area contributed by atoms with E-state index >= 15 is 0 Å². The van der Waals surface area contributed by atoms with Crippen molar-refractivity contribution >= 4 is 6.41 Å². The van der Waals surface area contributed by atoms with Crippen molar-refractivity contribution in [2.24, 2.45) is 5.92 Å². The smallest absolute Gasteiger partial charge is 0.209 e. The summed E-state index contributed by atoms with van der Waals surface area (Å²) in [7, 11) is 0. The molecule has 0 aromatic heterocycles. The number of carbonyl (C=O) groups is 1. The van der Waals surface area contributed by atoms with Crippen LogP contribution in [-0.4, -0.2) is 37.6 Å². The molecule has 0 atom stereocenters. The third kappa shape index (κ3) is 6.16. The summed E-state index contributed by atoms with van der Waals surface area (Å²) in [6.07, 6.45) is 0.888. The highest BCUT2D eigenvalue weighted by molar-refractivity contribution is 5.46. The maximum atomic E-state index is 10.5. The standard InChI is InChI=1S/C9H19NO2/c1-4-12-6-5-10(8-11)7-9(2)3/h8-9H,4-7H2,1-3H3.